The number of nitrogens with zero attached hydrogens (tertiary/aromatic N) is 1. The molecule has 0 atom stereocenters. The number of ether oxygens (including phenoxy) is 2. The molecule has 3 aromatic carbocycles. The molecule has 1 heterocycles. The molecule has 0 saturated carbocycles. The normalized spacial score (nSPS) is 15.0. The van der Waals surface area contributed by atoms with Crippen LogP contribution in [0.4, 0.5) is 4.79 Å². The number of fused-ring (bicyclic) bond motifs is 1. The van der Waals surface area contributed by atoms with Crippen LogP contribution in [-0.4, -0.2) is 29.3 Å². The van der Waals surface area contributed by atoms with Crippen LogP contribution in [0.3, 0.4) is 0 Å². The second-order valence-electron chi connectivity index (χ2n) is 7.24. The molecule has 0 aromatic heterocycles. The molecule has 0 aliphatic carbocycles. The molecular weight excluding hydrogens is 481 g/mol. The minimum absolute atomic E-state index is 0.112. The van der Waals surface area contributed by atoms with Crippen LogP contribution in [-0.2, 0) is 11.3 Å². The summed E-state index contributed by atoms with van der Waals surface area (Å²) < 4.78 is 11.5. The standard InChI is InChI=1S/C25H21Cl2NO4S/c1-3-31-17-8-6-16-7-10-22(32-4-2)19(18(16)12-17)13-23-24(29)28(25(30)33-23)14-15-5-9-20(26)21(27)11-15/h5-13H,3-4,14H2,1-2H3/b23-13-. The van der Waals surface area contributed by atoms with Gasteiger partial charge in [-0.05, 0) is 78.4 Å². The lowest BCUT2D eigenvalue weighted by molar-refractivity contribution is -0.123. The van der Waals surface area contributed by atoms with E-state index in [4.69, 9.17) is 32.7 Å². The molecule has 2 amide bonds. The zero-order valence-corrected chi connectivity index (χ0v) is 20.4. The van der Waals surface area contributed by atoms with Gasteiger partial charge in [0.15, 0.2) is 0 Å². The minimum atomic E-state index is -0.364. The molecule has 3 aromatic rings. The fourth-order valence-corrected chi connectivity index (χ4v) is 4.72. The minimum Gasteiger partial charge on any atom is -0.494 e. The molecule has 8 heteroatoms. The highest BCUT2D eigenvalue weighted by atomic mass is 35.5. The Bertz CT molecular complexity index is 1270. The maximum absolute atomic E-state index is 13.1. The van der Waals surface area contributed by atoms with Gasteiger partial charge in [-0.15, -0.1) is 0 Å². The van der Waals surface area contributed by atoms with Crippen molar-refractivity contribution in [3.63, 3.8) is 0 Å². The molecule has 1 aliphatic heterocycles. The Labute approximate surface area is 206 Å². The number of thioether (sulfide) groups is 1. The van der Waals surface area contributed by atoms with Crippen molar-refractivity contribution < 1.29 is 19.1 Å². The Kier molecular flexibility index (Phi) is 7.17. The summed E-state index contributed by atoms with van der Waals surface area (Å²) in [5.41, 5.74) is 1.45. The van der Waals surface area contributed by atoms with Gasteiger partial charge in [0.25, 0.3) is 11.1 Å². The first-order chi connectivity index (χ1) is 15.9. The van der Waals surface area contributed by atoms with Crippen LogP contribution >= 0.6 is 35.0 Å². The van der Waals surface area contributed by atoms with Gasteiger partial charge in [0.1, 0.15) is 11.5 Å². The maximum Gasteiger partial charge on any atom is 0.293 e. The Morgan fingerprint density at radius 2 is 1.70 bits per heavy atom. The van der Waals surface area contributed by atoms with Crippen LogP contribution in [0.15, 0.2) is 53.4 Å². The van der Waals surface area contributed by atoms with E-state index in [0.29, 0.717) is 33.9 Å². The molecule has 33 heavy (non-hydrogen) atoms. The highest BCUT2D eigenvalue weighted by molar-refractivity contribution is 8.18. The monoisotopic (exact) mass is 501 g/mol. The fourth-order valence-electron chi connectivity index (χ4n) is 3.58. The smallest absolute Gasteiger partial charge is 0.293 e. The fraction of sp³-hybridized carbons (Fsp3) is 0.200. The predicted octanol–water partition coefficient (Wildman–Crippen LogP) is 7.18. The van der Waals surface area contributed by atoms with Gasteiger partial charge in [0, 0.05) is 5.56 Å². The molecule has 1 fully saturated rings. The first-order valence-corrected chi connectivity index (χ1v) is 12.0. The Morgan fingerprint density at radius 3 is 2.42 bits per heavy atom. The zero-order valence-electron chi connectivity index (χ0n) is 18.1. The molecule has 4 rings (SSSR count). The summed E-state index contributed by atoms with van der Waals surface area (Å²) in [6, 6.07) is 14.7. The quantitative estimate of drug-likeness (QED) is 0.321. The lowest BCUT2D eigenvalue weighted by Gasteiger charge is -2.14. The van der Waals surface area contributed by atoms with Crippen molar-refractivity contribution in [1.82, 2.24) is 4.90 Å². The summed E-state index contributed by atoms with van der Waals surface area (Å²) in [5, 5.41) is 2.30. The summed E-state index contributed by atoms with van der Waals surface area (Å²) in [5.74, 6) is 0.993. The van der Waals surface area contributed by atoms with E-state index in [2.05, 4.69) is 0 Å². The summed E-state index contributed by atoms with van der Waals surface area (Å²) in [6.07, 6.45) is 1.72. The Hall–Kier alpha value is -2.67. The van der Waals surface area contributed by atoms with E-state index in [0.717, 1.165) is 39.4 Å². The number of imide groups is 1. The van der Waals surface area contributed by atoms with E-state index in [1.807, 2.05) is 44.2 Å². The van der Waals surface area contributed by atoms with Gasteiger partial charge in [0.2, 0.25) is 0 Å². The zero-order chi connectivity index (χ0) is 23.5. The number of benzene rings is 3. The van der Waals surface area contributed by atoms with Gasteiger partial charge in [-0.2, -0.15) is 0 Å². The van der Waals surface area contributed by atoms with E-state index in [1.54, 1.807) is 24.3 Å². The molecular formula is C25H21Cl2NO4S. The third-order valence-corrected chi connectivity index (χ3v) is 6.73. The van der Waals surface area contributed by atoms with Crippen molar-refractivity contribution in [2.24, 2.45) is 0 Å². The van der Waals surface area contributed by atoms with Crippen molar-refractivity contribution in [2.45, 2.75) is 20.4 Å². The van der Waals surface area contributed by atoms with E-state index in [9.17, 15) is 9.59 Å². The number of hydrogen-bond acceptors (Lipinski definition) is 5. The van der Waals surface area contributed by atoms with Crippen molar-refractivity contribution in [2.75, 3.05) is 13.2 Å². The number of amides is 2. The van der Waals surface area contributed by atoms with Gasteiger partial charge < -0.3 is 9.47 Å². The average Bonchev–Trinajstić information content (AvgIpc) is 3.05. The van der Waals surface area contributed by atoms with Crippen molar-refractivity contribution in [3.05, 3.63) is 74.6 Å². The molecule has 5 nitrogen and oxygen atoms in total. The largest absolute Gasteiger partial charge is 0.494 e. The number of rotatable bonds is 7. The van der Waals surface area contributed by atoms with Gasteiger partial charge >= 0.3 is 0 Å². The van der Waals surface area contributed by atoms with Crippen LogP contribution in [0.2, 0.25) is 10.0 Å². The summed E-state index contributed by atoms with van der Waals surface area (Å²) >= 11 is 13.0. The lowest BCUT2D eigenvalue weighted by Crippen LogP contribution is -2.27. The topological polar surface area (TPSA) is 55.8 Å². The first kappa shape index (κ1) is 23.5. The van der Waals surface area contributed by atoms with Crippen LogP contribution in [0.5, 0.6) is 11.5 Å². The number of carbonyl (C=O) groups is 2. The molecule has 0 bridgehead atoms. The summed E-state index contributed by atoms with van der Waals surface area (Å²) in [6.45, 7) is 4.94. The molecule has 0 unspecified atom stereocenters. The van der Waals surface area contributed by atoms with Crippen molar-refractivity contribution in [3.8, 4) is 11.5 Å². The summed E-state index contributed by atoms with van der Waals surface area (Å²) in [4.78, 5) is 27.3. The predicted molar refractivity (Wildman–Crippen MR) is 134 cm³/mol. The van der Waals surface area contributed by atoms with Gasteiger partial charge in [-0.3, -0.25) is 14.5 Å². The van der Waals surface area contributed by atoms with E-state index >= 15 is 0 Å². The van der Waals surface area contributed by atoms with Gasteiger partial charge in [-0.1, -0.05) is 41.4 Å². The highest BCUT2D eigenvalue weighted by Crippen LogP contribution is 2.38. The SMILES string of the molecule is CCOc1ccc2ccc(OCC)c(/C=C3\SC(=O)N(Cc4ccc(Cl)c(Cl)c4)C3=O)c2c1. The van der Waals surface area contributed by atoms with Crippen molar-refractivity contribution in [1.29, 1.82) is 0 Å². The van der Waals surface area contributed by atoms with Crippen LogP contribution in [0.1, 0.15) is 25.0 Å². The summed E-state index contributed by atoms with van der Waals surface area (Å²) in [7, 11) is 0. The molecule has 1 saturated heterocycles. The molecule has 0 spiro atoms. The Morgan fingerprint density at radius 1 is 0.939 bits per heavy atom. The van der Waals surface area contributed by atoms with Gasteiger partial charge in [-0.25, -0.2) is 0 Å². The molecule has 1 aliphatic rings. The second-order valence-corrected chi connectivity index (χ2v) is 9.05. The highest BCUT2D eigenvalue weighted by Gasteiger charge is 2.35. The number of carbonyl (C=O) groups excluding carboxylic acids is 2. The van der Waals surface area contributed by atoms with Crippen molar-refractivity contribution >= 4 is 63.0 Å². The third kappa shape index (κ3) is 4.98. The third-order valence-electron chi connectivity index (χ3n) is 5.08. The molecule has 170 valence electrons. The maximum atomic E-state index is 13.1. The van der Waals surface area contributed by atoms with E-state index < -0.39 is 0 Å². The first-order valence-electron chi connectivity index (χ1n) is 10.4. The Balaban J connectivity index is 1.72. The second kappa shape index (κ2) is 10.1. The van der Waals surface area contributed by atoms with Gasteiger partial charge in [0.05, 0.1) is 34.7 Å². The molecule has 0 N–H and O–H groups in total. The molecule has 0 radical (unpaired) electrons. The van der Waals surface area contributed by atoms with Crippen LogP contribution in [0.25, 0.3) is 16.8 Å². The van der Waals surface area contributed by atoms with Crippen LogP contribution in [0, 0.1) is 0 Å². The number of halogens is 2. The van der Waals surface area contributed by atoms with Crippen LogP contribution < -0.4 is 9.47 Å². The number of hydrogen-bond donors (Lipinski definition) is 0. The average molecular weight is 502 g/mol. The van der Waals surface area contributed by atoms with E-state index in [-0.39, 0.29) is 17.7 Å². The lowest BCUT2D eigenvalue weighted by atomic mass is 10.0. The van der Waals surface area contributed by atoms with E-state index in [1.165, 1.54) is 4.90 Å².